The van der Waals surface area contributed by atoms with Gasteiger partial charge in [-0.25, -0.2) is 9.97 Å². The van der Waals surface area contributed by atoms with E-state index < -0.39 is 0 Å². The Morgan fingerprint density at radius 2 is 1.85 bits per heavy atom. The molecule has 0 bridgehead atoms. The third-order valence-electron chi connectivity index (χ3n) is 3.37. The fraction of sp³-hybridized carbons (Fsp3) is 0.375. The number of aryl methyl sites for hydroxylation is 2. The zero-order valence-corrected chi connectivity index (χ0v) is 12.7. The molecule has 0 fully saturated rings. The van der Waals surface area contributed by atoms with Crippen LogP contribution in [-0.4, -0.2) is 17.1 Å². The van der Waals surface area contributed by atoms with Gasteiger partial charge in [-0.05, 0) is 43.5 Å². The first-order chi connectivity index (χ1) is 9.43. The molecule has 0 radical (unpaired) electrons. The van der Waals surface area contributed by atoms with Crippen LogP contribution in [0, 0.1) is 13.8 Å². The minimum Gasteiger partial charge on any atom is -0.496 e. The molecule has 0 aliphatic carbocycles. The van der Waals surface area contributed by atoms with Gasteiger partial charge in [0.15, 0.2) is 0 Å². The molecule has 0 amide bonds. The van der Waals surface area contributed by atoms with Gasteiger partial charge in [0.1, 0.15) is 11.6 Å². The van der Waals surface area contributed by atoms with E-state index in [-0.39, 0.29) is 0 Å². The number of ether oxygens (including phenoxy) is 1. The molecule has 106 valence electrons. The van der Waals surface area contributed by atoms with Gasteiger partial charge in [0.25, 0.3) is 0 Å². The van der Waals surface area contributed by atoms with Crippen molar-refractivity contribution < 1.29 is 4.74 Å². The molecule has 2 aromatic rings. The molecule has 0 atom stereocenters. The van der Waals surface area contributed by atoms with E-state index in [1.807, 2.05) is 26.0 Å². The van der Waals surface area contributed by atoms with Gasteiger partial charge in [0.2, 0.25) is 0 Å². The number of benzene rings is 1. The predicted molar refractivity (Wildman–Crippen MR) is 82.0 cm³/mol. The zero-order chi connectivity index (χ0) is 14.9. The predicted octanol–water partition coefficient (Wildman–Crippen LogP) is 3.47. The Kier molecular flexibility index (Phi) is 3.93. The molecule has 0 aliphatic rings. The van der Waals surface area contributed by atoms with Crippen LogP contribution in [0.2, 0.25) is 0 Å². The number of aromatic nitrogens is 2. The highest BCUT2D eigenvalue weighted by Crippen LogP contribution is 2.33. The van der Waals surface area contributed by atoms with Gasteiger partial charge in [-0.15, -0.1) is 0 Å². The van der Waals surface area contributed by atoms with Gasteiger partial charge in [0.05, 0.1) is 24.2 Å². The van der Waals surface area contributed by atoms with E-state index in [1.165, 1.54) is 0 Å². The van der Waals surface area contributed by atoms with Crippen LogP contribution in [0.5, 0.6) is 5.75 Å². The summed E-state index contributed by atoms with van der Waals surface area (Å²) < 4.78 is 5.41. The fourth-order valence-electron chi connectivity index (χ4n) is 2.27. The van der Waals surface area contributed by atoms with Crippen LogP contribution in [0.3, 0.4) is 0 Å². The van der Waals surface area contributed by atoms with Gasteiger partial charge in [-0.2, -0.15) is 0 Å². The average molecular weight is 271 g/mol. The standard InChI is InChI=1S/C16H21N3O/c1-9(2)13-8-12(6-7-14(13)20-5)16-15(17)10(3)18-11(4)19-16/h6-9H,17H2,1-5H3. The Morgan fingerprint density at radius 3 is 2.45 bits per heavy atom. The summed E-state index contributed by atoms with van der Waals surface area (Å²) in [5.41, 5.74) is 10.5. The van der Waals surface area contributed by atoms with Crippen LogP contribution in [-0.2, 0) is 0 Å². The molecule has 1 aromatic carbocycles. The van der Waals surface area contributed by atoms with Crippen molar-refractivity contribution >= 4 is 5.69 Å². The van der Waals surface area contributed by atoms with Crippen molar-refractivity contribution in [3.8, 4) is 17.0 Å². The fourth-order valence-corrected chi connectivity index (χ4v) is 2.27. The molecule has 1 heterocycles. The second-order valence-corrected chi connectivity index (χ2v) is 5.23. The second kappa shape index (κ2) is 5.49. The largest absolute Gasteiger partial charge is 0.496 e. The lowest BCUT2D eigenvalue weighted by Crippen LogP contribution is -2.03. The highest BCUT2D eigenvalue weighted by Gasteiger charge is 2.13. The molecule has 0 saturated heterocycles. The monoisotopic (exact) mass is 271 g/mol. The summed E-state index contributed by atoms with van der Waals surface area (Å²) in [5.74, 6) is 1.99. The molecule has 2 N–H and O–H groups in total. The first-order valence-electron chi connectivity index (χ1n) is 6.73. The van der Waals surface area contributed by atoms with E-state index in [1.54, 1.807) is 7.11 Å². The van der Waals surface area contributed by atoms with Crippen LogP contribution in [0.15, 0.2) is 18.2 Å². The SMILES string of the molecule is COc1ccc(-c2nc(C)nc(C)c2N)cc1C(C)C. The lowest BCUT2D eigenvalue weighted by Gasteiger charge is -2.15. The molecular weight excluding hydrogens is 250 g/mol. The van der Waals surface area contributed by atoms with Gasteiger partial charge in [-0.3, -0.25) is 0 Å². The Balaban J connectivity index is 2.62. The topological polar surface area (TPSA) is 61.0 Å². The maximum atomic E-state index is 6.12. The van der Waals surface area contributed by atoms with E-state index in [9.17, 15) is 0 Å². The van der Waals surface area contributed by atoms with Crippen LogP contribution in [0.4, 0.5) is 5.69 Å². The van der Waals surface area contributed by atoms with E-state index in [0.29, 0.717) is 11.6 Å². The smallest absolute Gasteiger partial charge is 0.126 e. The van der Waals surface area contributed by atoms with Crippen LogP contribution in [0.25, 0.3) is 11.3 Å². The van der Waals surface area contributed by atoms with Crippen molar-refractivity contribution in [2.75, 3.05) is 12.8 Å². The van der Waals surface area contributed by atoms with Crippen molar-refractivity contribution in [3.05, 3.63) is 35.3 Å². The average Bonchev–Trinajstić information content (AvgIpc) is 2.42. The van der Waals surface area contributed by atoms with Crippen molar-refractivity contribution in [2.45, 2.75) is 33.6 Å². The van der Waals surface area contributed by atoms with Gasteiger partial charge >= 0.3 is 0 Å². The van der Waals surface area contributed by atoms with Crippen LogP contribution >= 0.6 is 0 Å². The Bertz CT molecular complexity index is 636. The molecular formula is C16H21N3O. The van der Waals surface area contributed by atoms with E-state index in [2.05, 4.69) is 29.9 Å². The number of anilines is 1. The van der Waals surface area contributed by atoms with Gasteiger partial charge in [0, 0.05) is 5.56 Å². The first-order valence-corrected chi connectivity index (χ1v) is 6.73. The summed E-state index contributed by atoms with van der Waals surface area (Å²) >= 11 is 0. The number of methoxy groups -OCH3 is 1. The third kappa shape index (κ3) is 2.59. The van der Waals surface area contributed by atoms with Crippen molar-refractivity contribution in [1.29, 1.82) is 0 Å². The van der Waals surface area contributed by atoms with Crippen molar-refractivity contribution in [1.82, 2.24) is 9.97 Å². The quantitative estimate of drug-likeness (QED) is 0.928. The Morgan fingerprint density at radius 1 is 1.15 bits per heavy atom. The minimum absolute atomic E-state index is 0.371. The van der Waals surface area contributed by atoms with Gasteiger partial charge < -0.3 is 10.5 Å². The zero-order valence-electron chi connectivity index (χ0n) is 12.7. The van der Waals surface area contributed by atoms with Crippen molar-refractivity contribution in [3.63, 3.8) is 0 Å². The molecule has 4 nitrogen and oxygen atoms in total. The summed E-state index contributed by atoms with van der Waals surface area (Å²) in [5, 5.41) is 0. The number of hydrogen-bond acceptors (Lipinski definition) is 4. The number of nitrogen functional groups attached to an aromatic ring is 1. The molecule has 4 heteroatoms. The maximum absolute atomic E-state index is 6.12. The Labute approximate surface area is 120 Å². The van der Waals surface area contributed by atoms with E-state index in [0.717, 1.165) is 34.1 Å². The molecule has 2 rings (SSSR count). The normalized spacial score (nSPS) is 10.9. The highest BCUT2D eigenvalue weighted by molar-refractivity contribution is 5.75. The summed E-state index contributed by atoms with van der Waals surface area (Å²) in [7, 11) is 1.69. The highest BCUT2D eigenvalue weighted by atomic mass is 16.5. The molecule has 0 spiro atoms. The maximum Gasteiger partial charge on any atom is 0.126 e. The second-order valence-electron chi connectivity index (χ2n) is 5.23. The number of hydrogen-bond donors (Lipinski definition) is 1. The Hall–Kier alpha value is -2.10. The summed E-state index contributed by atoms with van der Waals surface area (Å²) in [4.78, 5) is 8.77. The summed E-state index contributed by atoms with van der Waals surface area (Å²) in [6.45, 7) is 8.06. The minimum atomic E-state index is 0.371. The van der Waals surface area contributed by atoms with Crippen molar-refractivity contribution in [2.24, 2.45) is 0 Å². The van der Waals surface area contributed by atoms with E-state index >= 15 is 0 Å². The lowest BCUT2D eigenvalue weighted by atomic mass is 9.97. The molecule has 0 saturated carbocycles. The first kappa shape index (κ1) is 14.3. The number of nitrogens with zero attached hydrogens (tertiary/aromatic N) is 2. The molecule has 0 unspecified atom stereocenters. The molecule has 0 aliphatic heterocycles. The molecule has 1 aromatic heterocycles. The third-order valence-corrected chi connectivity index (χ3v) is 3.37. The van der Waals surface area contributed by atoms with Gasteiger partial charge in [-0.1, -0.05) is 13.8 Å². The lowest BCUT2D eigenvalue weighted by molar-refractivity contribution is 0.407. The summed E-state index contributed by atoms with van der Waals surface area (Å²) in [6.07, 6.45) is 0. The van der Waals surface area contributed by atoms with Crippen LogP contribution < -0.4 is 10.5 Å². The van der Waals surface area contributed by atoms with E-state index in [4.69, 9.17) is 10.5 Å². The molecule has 20 heavy (non-hydrogen) atoms. The van der Waals surface area contributed by atoms with Crippen LogP contribution in [0.1, 0.15) is 36.8 Å². The number of nitrogens with two attached hydrogens (primary N) is 1. The summed E-state index contributed by atoms with van der Waals surface area (Å²) in [6, 6.07) is 6.06. The number of rotatable bonds is 3.